The van der Waals surface area contributed by atoms with Gasteiger partial charge in [-0.2, -0.15) is 13.2 Å². The first kappa shape index (κ1) is 13.4. The SMILES string of the molecule is NNC(CCC(F)(F)F)c1ccc2c(c1)CCC2. The number of nitrogens with two attached hydrogens (primary N) is 1. The molecule has 0 amide bonds. The van der Waals surface area contributed by atoms with E-state index in [0.29, 0.717) is 0 Å². The van der Waals surface area contributed by atoms with Crippen molar-refractivity contribution < 1.29 is 13.2 Å². The fourth-order valence-corrected chi connectivity index (χ4v) is 2.46. The van der Waals surface area contributed by atoms with Crippen LogP contribution in [0, 0.1) is 0 Å². The van der Waals surface area contributed by atoms with Crippen LogP contribution >= 0.6 is 0 Å². The second-order valence-electron chi connectivity index (χ2n) is 4.75. The maximum atomic E-state index is 12.2. The average Bonchev–Trinajstić information content (AvgIpc) is 2.75. The molecule has 2 nitrogen and oxygen atoms in total. The first-order chi connectivity index (χ1) is 8.49. The van der Waals surface area contributed by atoms with Crippen molar-refractivity contribution >= 4 is 0 Å². The van der Waals surface area contributed by atoms with Crippen LogP contribution in [-0.2, 0) is 12.8 Å². The zero-order valence-electron chi connectivity index (χ0n) is 10.1. The van der Waals surface area contributed by atoms with Crippen molar-refractivity contribution in [1.82, 2.24) is 5.43 Å². The molecular formula is C13H17F3N2. The highest BCUT2D eigenvalue weighted by Gasteiger charge is 2.28. The Labute approximate surface area is 104 Å². The van der Waals surface area contributed by atoms with Gasteiger partial charge in [0.05, 0.1) is 0 Å². The summed E-state index contributed by atoms with van der Waals surface area (Å²) in [4.78, 5) is 0. The summed E-state index contributed by atoms with van der Waals surface area (Å²) in [5.41, 5.74) is 5.89. The van der Waals surface area contributed by atoms with Crippen molar-refractivity contribution in [3.63, 3.8) is 0 Å². The van der Waals surface area contributed by atoms with Gasteiger partial charge in [0.1, 0.15) is 0 Å². The number of hydrogen-bond acceptors (Lipinski definition) is 2. The van der Waals surface area contributed by atoms with E-state index in [4.69, 9.17) is 5.84 Å². The Morgan fingerprint density at radius 2 is 1.94 bits per heavy atom. The Kier molecular flexibility index (Phi) is 3.92. The molecule has 1 aliphatic rings. The van der Waals surface area contributed by atoms with E-state index < -0.39 is 18.6 Å². The van der Waals surface area contributed by atoms with Crippen molar-refractivity contribution in [2.75, 3.05) is 0 Å². The Balaban J connectivity index is 2.08. The monoisotopic (exact) mass is 258 g/mol. The molecule has 0 saturated heterocycles. The molecule has 2 rings (SSSR count). The Morgan fingerprint density at radius 1 is 1.22 bits per heavy atom. The lowest BCUT2D eigenvalue weighted by molar-refractivity contribution is -0.136. The summed E-state index contributed by atoms with van der Waals surface area (Å²) in [7, 11) is 0. The van der Waals surface area contributed by atoms with Gasteiger partial charge in [-0.1, -0.05) is 18.2 Å². The number of alkyl halides is 3. The van der Waals surface area contributed by atoms with E-state index in [0.717, 1.165) is 24.8 Å². The van der Waals surface area contributed by atoms with Gasteiger partial charge in [0.2, 0.25) is 0 Å². The molecular weight excluding hydrogens is 241 g/mol. The van der Waals surface area contributed by atoms with Crippen molar-refractivity contribution in [3.8, 4) is 0 Å². The Morgan fingerprint density at radius 3 is 2.61 bits per heavy atom. The molecule has 1 atom stereocenters. The van der Waals surface area contributed by atoms with E-state index in [1.165, 1.54) is 11.1 Å². The number of nitrogens with one attached hydrogen (secondary N) is 1. The molecule has 0 bridgehead atoms. The first-order valence-corrected chi connectivity index (χ1v) is 6.14. The molecule has 0 aromatic heterocycles. The smallest absolute Gasteiger partial charge is 0.271 e. The van der Waals surface area contributed by atoms with Gasteiger partial charge in [-0.3, -0.25) is 11.3 Å². The van der Waals surface area contributed by atoms with Crippen molar-refractivity contribution in [2.45, 2.75) is 44.3 Å². The van der Waals surface area contributed by atoms with Crippen molar-refractivity contribution in [2.24, 2.45) is 5.84 Å². The second kappa shape index (κ2) is 5.28. The minimum Gasteiger partial charge on any atom is -0.271 e. The zero-order valence-corrected chi connectivity index (χ0v) is 10.1. The van der Waals surface area contributed by atoms with Crippen LogP contribution in [0.3, 0.4) is 0 Å². The fraction of sp³-hybridized carbons (Fsp3) is 0.538. The molecule has 0 aliphatic heterocycles. The number of hydrazine groups is 1. The third kappa shape index (κ3) is 3.23. The van der Waals surface area contributed by atoms with Crippen LogP contribution < -0.4 is 11.3 Å². The van der Waals surface area contributed by atoms with Crippen LogP contribution in [-0.4, -0.2) is 6.18 Å². The van der Waals surface area contributed by atoms with E-state index in [2.05, 4.69) is 5.43 Å². The number of benzene rings is 1. The minimum atomic E-state index is -4.13. The van der Waals surface area contributed by atoms with Crippen molar-refractivity contribution in [3.05, 3.63) is 34.9 Å². The van der Waals surface area contributed by atoms with Crippen LogP contribution in [0.15, 0.2) is 18.2 Å². The van der Waals surface area contributed by atoms with Gasteiger partial charge in [-0.15, -0.1) is 0 Å². The normalized spacial score (nSPS) is 16.7. The highest BCUT2D eigenvalue weighted by molar-refractivity contribution is 5.36. The highest BCUT2D eigenvalue weighted by Crippen LogP contribution is 2.30. The predicted octanol–water partition coefficient (Wildman–Crippen LogP) is 3.02. The summed E-state index contributed by atoms with van der Waals surface area (Å²) in [6.45, 7) is 0. The molecule has 100 valence electrons. The van der Waals surface area contributed by atoms with Crippen molar-refractivity contribution in [1.29, 1.82) is 0 Å². The molecule has 5 heteroatoms. The van der Waals surface area contributed by atoms with E-state index in [-0.39, 0.29) is 6.42 Å². The fourth-order valence-electron chi connectivity index (χ4n) is 2.46. The van der Waals surface area contributed by atoms with Gasteiger partial charge in [-0.25, -0.2) is 0 Å². The largest absolute Gasteiger partial charge is 0.389 e. The molecule has 1 unspecified atom stereocenters. The van der Waals surface area contributed by atoms with Gasteiger partial charge in [0.25, 0.3) is 0 Å². The maximum Gasteiger partial charge on any atom is 0.389 e. The van der Waals surface area contributed by atoms with Crippen LogP contribution in [0.25, 0.3) is 0 Å². The van der Waals surface area contributed by atoms with E-state index in [9.17, 15) is 13.2 Å². The molecule has 1 aromatic rings. The van der Waals surface area contributed by atoms with Gasteiger partial charge >= 0.3 is 6.18 Å². The summed E-state index contributed by atoms with van der Waals surface area (Å²) in [5.74, 6) is 5.36. The van der Waals surface area contributed by atoms with E-state index in [1.54, 1.807) is 0 Å². The Bertz CT molecular complexity index is 415. The zero-order chi connectivity index (χ0) is 13.2. The maximum absolute atomic E-state index is 12.2. The first-order valence-electron chi connectivity index (χ1n) is 6.14. The molecule has 0 heterocycles. The summed E-state index contributed by atoms with van der Waals surface area (Å²) in [6.07, 6.45) is -1.77. The van der Waals surface area contributed by atoms with Gasteiger partial charge < -0.3 is 0 Å². The van der Waals surface area contributed by atoms with Gasteiger partial charge in [-0.05, 0) is 42.4 Å². The number of fused-ring (bicyclic) bond motifs is 1. The third-order valence-electron chi connectivity index (χ3n) is 3.44. The number of aryl methyl sites for hydroxylation is 2. The predicted molar refractivity (Wildman–Crippen MR) is 63.8 cm³/mol. The standard InChI is InChI=1S/C13H17F3N2/c14-13(15,16)7-6-12(18-17)11-5-4-9-2-1-3-10(9)8-11/h4-5,8,12,18H,1-3,6-7,17H2. The van der Waals surface area contributed by atoms with Crippen LogP contribution in [0.2, 0.25) is 0 Å². The van der Waals surface area contributed by atoms with Gasteiger partial charge in [0, 0.05) is 12.5 Å². The van der Waals surface area contributed by atoms with E-state index >= 15 is 0 Å². The third-order valence-corrected chi connectivity index (χ3v) is 3.44. The Hall–Kier alpha value is -1.07. The highest BCUT2D eigenvalue weighted by atomic mass is 19.4. The lowest BCUT2D eigenvalue weighted by Gasteiger charge is -2.18. The summed E-state index contributed by atoms with van der Waals surface area (Å²) < 4.78 is 36.7. The number of rotatable bonds is 4. The lowest BCUT2D eigenvalue weighted by atomic mass is 9.98. The molecule has 0 fully saturated rings. The quantitative estimate of drug-likeness (QED) is 0.643. The van der Waals surface area contributed by atoms with Crippen LogP contribution in [0.4, 0.5) is 13.2 Å². The molecule has 1 aromatic carbocycles. The summed E-state index contributed by atoms with van der Waals surface area (Å²) >= 11 is 0. The number of hydrogen-bond donors (Lipinski definition) is 2. The van der Waals surface area contributed by atoms with Crippen LogP contribution in [0.5, 0.6) is 0 Å². The average molecular weight is 258 g/mol. The van der Waals surface area contributed by atoms with E-state index in [1.807, 2.05) is 18.2 Å². The molecule has 3 N–H and O–H groups in total. The lowest BCUT2D eigenvalue weighted by Crippen LogP contribution is -2.29. The summed E-state index contributed by atoms with van der Waals surface area (Å²) in [6, 6.07) is 5.45. The minimum absolute atomic E-state index is 0.0290. The van der Waals surface area contributed by atoms with Gasteiger partial charge in [0.15, 0.2) is 0 Å². The molecule has 0 radical (unpaired) electrons. The second-order valence-corrected chi connectivity index (χ2v) is 4.75. The molecule has 0 saturated carbocycles. The molecule has 0 spiro atoms. The van der Waals surface area contributed by atoms with Crippen LogP contribution in [0.1, 0.15) is 42.0 Å². The number of halogens is 3. The summed E-state index contributed by atoms with van der Waals surface area (Å²) in [5, 5.41) is 0. The molecule has 1 aliphatic carbocycles. The molecule has 18 heavy (non-hydrogen) atoms. The topological polar surface area (TPSA) is 38.0 Å².